The molecule has 0 radical (unpaired) electrons. The standard InChI is InChI=1S/C22H26O6.C2H6/c1-26-19-10-9-15(7-6-12-24)13-17(19)18-14-16(8-4-5-11-23)20(25)22(28-3)21(18)27-2;1-2/h9-14,25H,4-8H2,1-3H3;1-2H3. The van der Waals surface area contributed by atoms with Crippen LogP contribution in [0.2, 0.25) is 0 Å². The maximum atomic E-state index is 10.7. The van der Waals surface area contributed by atoms with Crippen LogP contribution in [0, 0.1) is 0 Å². The first-order valence-electron chi connectivity index (χ1n) is 10.1. The largest absolute Gasteiger partial charge is 0.504 e. The number of benzene rings is 2. The van der Waals surface area contributed by atoms with Gasteiger partial charge >= 0.3 is 0 Å². The van der Waals surface area contributed by atoms with Crippen LogP contribution in [0.15, 0.2) is 24.3 Å². The lowest BCUT2D eigenvalue weighted by molar-refractivity contribution is -0.108. The number of hydrogen-bond acceptors (Lipinski definition) is 6. The van der Waals surface area contributed by atoms with Crippen molar-refractivity contribution < 1.29 is 28.9 Å². The second kappa shape index (κ2) is 13.2. The number of carbonyl (C=O) groups is 2. The molecule has 0 aliphatic carbocycles. The lowest BCUT2D eigenvalue weighted by atomic mass is 9.95. The number of phenolic OH excluding ortho intramolecular Hbond substituents is 1. The molecule has 2 rings (SSSR count). The Morgan fingerprint density at radius 2 is 1.50 bits per heavy atom. The maximum absolute atomic E-state index is 10.7. The Balaban J connectivity index is 0.00000218. The van der Waals surface area contributed by atoms with E-state index in [9.17, 15) is 14.7 Å². The number of rotatable bonds is 11. The minimum Gasteiger partial charge on any atom is -0.504 e. The summed E-state index contributed by atoms with van der Waals surface area (Å²) >= 11 is 0. The third-order valence-corrected chi connectivity index (χ3v) is 4.57. The van der Waals surface area contributed by atoms with Gasteiger partial charge in [-0.2, -0.15) is 0 Å². The van der Waals surface area contributed by atoms with Gasteiger partial charge in [-0.05, 0) is 48.6 Å². The first-order valence-corrected chi connectivity index (χ1v) is 10.1. The molecule has 0 spiro atoms. The van der Waals surface area contributed by atoms with Crippen molar-refractivity contribution in [2.75, 3.05) is 21.3 Å². The van der Waals surface area contributed by atoms with E-state index in [4.69, 9.17) is 14.2 Å². The van der Waals surface area contributed by atoms with E-state index < -0.39 is 0 Å². The van der Waals surface area contributed by atoms with Crippen molar-refractivity contribution in [3.8, 4) is 34.1 Å². The molecule has 0 atom stereocenters. The molecule has 30 heavy (non-hydrogen) atoms. The molecule has 0 aromatic heterocycles. The second-order valence-electron chi connectivity index (χ2n) is 6.30. The Morgan fingerprint density at radius 3 is 2.07 bits per heavy atom. The smallest absolute Gasteiger partial charge is 0.203 e. The van der Waals surface area contributed by atoms with E-state index in [0.717, 1.165) is 23.7 Å². The number of hydrogen-bond donors (Lipinski definition) is 1. The maximum Gasteiger partial charge on any atom is 0.203 e. The number of carbonyl (C=O) groups excluding carboxylic acids is 2. The summed E-state index contributed by atoms with van der Waals surface area (Å²) in [5.41, 5.74) is 3.13. The van der Waals surface area contributed by atoms with E-state index in [-0.39, 0.29) is 11.5 Å². The predicted octanol–water partition coefficient (Wildman–Crippen LogP) is 4.76. The summed E-state index contributed by atoms with van der Waals surface area (Å²) in [7, 11) is 4.56. The average molecular weight is 417 g/mol. The zero-order valence-corrected chi connectivity index (χ0v) is 18.5. The van der Waals surface area contributed by atoms with Crippen LogP contribution < -0.4 is 14.2 Å². The number of aromatic hydroxyl groups is 1. The van der Waals surface area contributed by atoms with Gasteiger partial charge in [0, 0.05) is 24.0 Å². The van der Waals surface area contributed by atoms with Crippen LogP contribution in [0.1, 0.15) is 44.2 Å². The molecule has 0 saturated heterocycles. The molecule has 1 N–H and O–H groups in total. The molecule has 2 aromatic rings. The van der Waals surface area contributed by atoms with Crippen molar-refractivity contribution in [1.82, 2.24) is 0 Å². The number of ether oxygens (including phenoxy) is 3. The van der Waals surface area contributed by atoms with E-state index in [2.05, 4.69) is 0 Å². The van der Waals surface area contributed by atoms with Crippen LogP contribution in [0.4, 0.5) is 0 Å². The fourth-order valence-electron chi connectivity index (χ4n) is 3.19. The van der Waals surface area contributed by atoms with Gasteiger partial charge in [0.05, 0.1) is 21.3 Å². The van der Waals surface area contributed by atoms with Crippen LogP contribution in [-0.2, 0) is 22.4 Å². The highest BCUT2D eigenvalue weighted by Gasteiger charge is 2.22. The quantitative estimate of drug-likeness (QED) is 0.420. The third-order valence-electron chi connectivity index (χ3n) is 4.57. The Hall–Kier alpha value is -3.02. The van der Waals surface area contributed by atoms with Crippen molar-refractivity contribution in [2.24, 2.45) is 0 Å². The van der Waals surface area contributed by atoms with E-state index in [1.165, 1.54) is 14.2 Å². The molecule has 0 aliphatic rings. The number of phenols is 1. The summed E-state index contributed by atoms with van der Waals surface area (Å²) in [5, 5.41) is 10.6. The lowest BCUT2D eigenvalue weighted by Crippen LogP contribution is -2.00. The minimum absolute atomic E-state index is 0.00470. The first kappa shape index (κ1) is 25.0. The molecule has 0 heterocycles. The van der Waals surface area contributed by atoms with Crippen LogP contribution in [0.25, 0.3) is 11.1 Å². The molecule has 164 valence electrons. The lowest BCUT2D eigenvalue weighted by Gasteiger charge is -2.19. The SMILES string of the molecule is CC.COc1ccc(CCC=O)cc1-c1cc(CCCC=O)c(O)c(OC)c1OC. The van der Waals surface area contributed by atoms with Crippen LogP contribution in [-0.4, -0.2) is 39.0 Å². The topological polar surface area (TPSA) is 82.1 Å². The summed E-state index contributed by atoms with van der Waals surface area (Å²) in [6.07, 6.45) is 4.33. The molecule has 0 unspecified atom stereocenters. The van der Waals surface area contributed by atoms with Gasteiger partial charge in [-0.25, -0.2) is 0 Å². The first-order chi connectivity index (χ1) is 14.6. The molecule has 0 saturated carbocycles. The normalized spacial score (nSPS) is 9.90. The number of unbranched alkanes of at least 4 members (excludes halogenated alkanes) is 1. The Morgan fingerprint density at radius 1 is 0.833 bits per heavy atom. The molecule has 2 aromatic carbocycles. The molecule has 6 heteroatoms. The van der Waals surface area contributed by atoms with Crippen molar-refractivity contribution in [1.29, 1.82) is 0 Å². The van der Waals surface area contributed by atoms with Crippen molar-refractivity contribution in [3.63, 3.8) is 0 Å². The predicted molar refractivity (Wildman–Crippen MR) is 118 cm³/mol. The fraction of sp³-hybridized carbons (Fsp3) is 0.417. The van der Waals surface area contributed by atoms with E-state index >= 15 is 0 Å². The summed E-state index contributed by atoms with van der Waals surface area (Å²) in [6, 6.07) is 7.55. The van der Waals surface area contributed by atoms with Gasteiger partial charge in [-0.1, -0.05) is 19.9 Å². The van der Waals surface area contributed by atoms with Gasteiger partial charge in [0.1, 0.15) is 18.3 Å². The monoisotopic (exact) mass is 416 g/mol. The number of aryl methyl sites for hydroxylation is 2. The zero-order valence-electron chi connectivity index (χ0n) is 18.5. The summed E-state index contributed by atoms with van der Waals surface area (Å²) in [6.45, 7) is 4.00. The van der Waals surface area contributed by atoms with E-state index in [1.54, 1.807) is 7.11 Å². The van der Waals surface area contributed by atoms with Gasteiger partial charge < -0.3 is 28.9 Å². The minimum atomic E-state index is 0.00470. The second-order valence-corrected chi connectivity index (χ2v) is 6.30. The van der Waals surface area contributed by atoms with Gasteiger partial charge in [-0.15, -0.1) is 0 Å². The molecular formula is C24H32O6. The summed E-state index contributed by atoms with van der Waals surface area (Å²) < 4.78 is 16.5. The molecular weight excluding hydrogens is 384 g/mol. The third kappa shape index (κ3) is 5.99. The Bertz CT molecular complexity index is 829. The van der Waals surface area contributed by atoms with Crippen LogP contribution >= 0.6 is 0 Å². The highest BCUT2D eigenvalue weighted by Crippen LogP contribution is 2.48. The molecule has 0 bridgehead atoms. The van der Waals surface area contributed by atoms with Crippen LogP contribution in [0.5, 0.6) is 23.0 Å². The molecule has 6 nitrogen and oxygen atoms in total. The van der Waals surface area contributed by atoms with Crippen molar-refractivity contribution in [2.45, 2.75) is 46.0 Å². The summed E-state index contributed by atoms with van der Waals surface area (Å²) in [4.78, 5) is 21.4. The van der Waals surface area contributed by atoms with Gasteiger partial charge in [0.25, 0.3) is 0 Å². The van der Waals surface area contributed by atoms with Crippen molar-refractivity contribution in [3.05, 3.63) is 35.4 Å². The van der Waals surface area contributed by atoms with Gasteiger partial charge in [-0.3, -0.25) is 0 Å². The van der Waals surface area contributed by atoms with Gasteiger partial charge in [0.15, 0.2) is 11.5 Å². The molecule has 0 fully saturated rings. The molecule has 0 aliphatic heterocycles. The highest BCUT2D eigenvalue weighted by atomic mass is 16.5. The molecule has 0 amide bonds. The zero-order chi connectivity index (χ0) is 22.5. The van der Waals surface area contributed by atoms with E-state index in [0.29, 0.717) is 54.7 Å². The summed E-state index contributed by atoms with van der Waals surface area (Å²) in [5.74, 6) is 1.27. The fourth-order valence-corrected chi connectivity index (χ4v) is 3.19. The van der Waals surface area contributed by atoms with E-state index in [1.807, 2.05) is 38.1 Å². The highest BCUT2D eigenvalue weighted by molar-refractivity contribution is 5.82. The number of aldehydes is 2. The number of methoxy groups -OCH3 is 3. The van der Waals surface area contributed by atoms with Crippen molar-refractivity contribution >= 4 is 12.6 Å². The average Bonchev–Trinajstić information content (AvgIpc) is 2.79. The van der Waals surface area contributed by atoms with Gasteiger partial charge in [0.2, 0.25) is 5.75 Å². The Labute approximate surface area is 178 Å². The Kier molecular flexibility index (Phi) is 11.0. The van der Waals surface area contributed by atoms with Crippen LogP contribution in [0.3, 0.4) is 0 Å².